The molecule has 0 fully saturated rings. The van der Waals surface area contributed by atoms with E-state index in [9.17, 15) is 10.1 Å². The molecule has 0 atom stereocenters. The maximum atomic E-state index is 11.2. The van der Waals surface area contributed by atoms with Gasteiger partial charge >= 0.3 is 0 Å². The van der Waals surface area contributed by atoms with Gasteiger partial charge in [-0.1, -0.05) is 23.7 Å². The second kappa shape index (κ2) is 7.23. The first-order valence-electron chi connectivity index (χ1n) is 7.44. The highest BCUT2D eigenvalue weighted by Crippen LogP contribution is 2.30. The Balaban J connectivity index is 1.89. The lowest BCUT2D eigenvalue weighted by molar-refractivity contribution is -0.384. The number of hydrogen-bond acceptors (Lipinski definition) is 5. The molecule has 0 aliphatic carbocycles. The van der Waals surface area contributed by atoms with Gasteiger partial charge in [-0.2, -0.15) is 0 Å². The number of para-hydroxylation sites is 2. The van der Waals surface area contributed by atoms with E-state index < -0.39 is 4.92 Å². The number of imidazole rings is 1. The lowest BCUT2D eigenvalue weighted by atomic mass is 10.2. The predicted octanol–water partition coefficient (Wildman–Crippen LogP) is 3.92. The molecule has 8 heteroatoms. The van der Waals surface area contributed by atoms with Crippen LogP contribution in [0.25, 0.3) is 0 Å². The highest BCUT2D eigenvalue weighted by atomic mass is 35.5. The van der Waals surface area contributed by atoms with Crippen molar-refractivity contribution in [2.75, 3.05) is 12.1 Å². The topological polar surface area (TPSA) is 73.4 Å². The fraction of sp³-hybridized carbons (Fsp3) is 0.118. The standard InChI is InChI=1S/C17H15ClN4O3/c1-20(15-4-2-3-5-16(15)22(23)24)25-17-7-6-14(18)10-13(17)11-21-9-8-19-12-21/h2-10,12H,11H2,1H3. The van der Waals surface area contributed by atoms with Crippen molar-refractivity contribution in [2.45, 2.75) is 6.54 Å². The van der Waals surface area contributed by atoms with E-state index in [2.05, 4.69) is 4.98 Å². The third-order valence-corrected chi connectivity index (χ3v) is 3.82. The molecule has 0 N–H and O–H groups in total. The van der Waals surface area contributed by atoms with Crippen molar-refractivity contribution in [1.82, 2.24) is 9.55 Å². The molecule has 2 aromatic carbocycles. The summed E-state index contributed by atoms with van der Waals surface area (Å²) in [6.45, 7) is 0.515. The van der Waals surface area contributed by atoms with Crippen molar-refractivity contribution >= 4 is 23.0 Å². The number of nitro benzene ring substituents is 1. The number of anilines is 1. The van der Waals surface area contributed by atoms with Crippen LogP contribution in [0.5, 0.6) is 5.75 Å². The second-order valence-electron chi connectivity index (χ2n) is 5.32. The maximum Gasteiger partial charge on any atom is 0.295 e. The molecule has 0 aliphatic rings. The van der Waals surface area contributed by atoms with Crippen LogP contribution in [0.2, 0.25) is 5.02 Å². The number of benzene rings is 2. The van der Waals surface area contributed by atoms with Crippen LogP contribution >= 0.6 is 11.6 Å². The third kappa shape index (κ3) is 3.89. The molecule has 25 heavy (non-hydrogen) atoms. The van der Waals surface area contributed by atoms with Gasteiger partial charge in [-0.3, -0.25) is 10.1 Å². The van der Waals surface area contributed by atoms with Gasteiger partial charge in [0.05, 0.1) is 17.8 Å². The quantitative estimate of drug-likeness (QED) is 0.493. The number of rotatable bonds is 6. The normalized spacial score (nSPS) is 10.5. The summed E-state index contributed by atoms with van der Waals surface area (Å²) in [6, 6.07) is 11.6. The highest BCUT2D eigenvalue weighted by Gasteiger charge is 2.18. The summed E-state index contributed by atoms with van der Waals surface area (Å²) in [4.78, 5) is 20.6. The first kappa shape index (κ1) is 16.8. The first-order chi connectivity index (χ1) is 12.0. The van der Waals surface area contributed by atoms with Crippen LogP contribution in [0.15, 0.2) is 61.2 Å². The van der Waals surface area contributed by atoms with E-state index in [1.807, 2.05) is 10.8 Å². The van der Waals surface area contributed by atoms with Crippen LogP contribution in [-0.2, 0) is 6.54 Å². The van der Waals surface area contributed by atoms with E-state index in [1.165, 1.54) is 11.1 Å². The summed E-state index contributed by atoms with van der Waals surface area (Å²) < 4.78 is 1.88. The summed E-state index contributed by atoms with van der Waals surface area (Å²) in [7, 11) is 1.62. The van der Waals surface area contributed by atoms with Crippen molar-refractivity contribution in [3.05, 3.63) is 81.9 Å². The minimum absolute atomic E-state index is 0.0323. The van der Waals surface area contributed by atoms with Gasteiger partial charge in [0.1, 0.15) is 0 Å². The molecule has 7 nitrogen and oxygen atoms in total. The minimum atomic E-state index is -0.441. The van der Waals surface area contributed by atoms with Crippen molar-refractivity contribution in [3.63, 3.8) is 0 Å². The van der Waals surface area contributed by atoms with Crippen molar-refractivity contribution in [3.8, 4) is 5.75 Å². The van der Waals surface area contributed by atoms with Crippen LogP contribution in [0.1, 0.15) is 5.56 Å². The lowest BCUT2D eigenvalue weighted by Crippen LogP contribution is -2.23. The fourth-order valence-electron chi connectivity index (χ4n) is 2.42. The zero-order valence-electron chi connectivity index (χ0n) is 13.4. The van der Waals surface area contributed by atoms with Gasteiger partial charge in [0.15, 0.2) is 11.4 Å². The minimum Gasteiger partial charge on any atom is -0.379 e. The molecule has 0 aliphatic heterocycles. The average molecular weight is 359 g/mol. The SMILES string of the molecule is CN(Oc1ccc(Cl)cc1Cn1ccnc1)c1ccccc1[N+](=O)[O-]. The molecule has 0 unspecified atom stereocenters. The van der Waals surface area contributed by atoms with Crippen LogP contribution in [-0.4, -0.2) is 21.5 Å². The Morgan fingerprint density at radius 2 is 2.12 bits per heavy atom. The monoisotopic (exact) mass is 358 g/mol. The molecule has 3 rings (SSSR count). The lowest BCUT2D eigenvalue weighted by Gasteiger charge is -2.21. The number of hydroxylamine groups is 1. The molecule has 0 saturated heterocycles. The third-order valence-electron chi connectivity index (χ3n) is 3.59. The van der Waals surface area contributed by atoms with Crippen molar-refractivity contribution in [2.24, 2.45) is 0 Å². The summed E-state index contributed by atoms with van der Waals surface area (Å²) >= 11 is 6.09. The van der Waals surface area contributed by atoms with Gasteiger partial charge in [-0.05, 0) is 24.3 Å². The molecule has 128 valence electrons. The molecule has 1 aromatic heterocycles. The van der Waals surface area contributed by atoms with Gasteiger partial charge < -0.3 is 9.40 Å². The summed E-state index contributed by atoms with van der Waals surface area (Å²) in [5.74, 6) is 0.554. The Bertz CT molecular complexity index is 883. The van der Waals surface area contributed by atoms with E-state index in [0.29, 0.717) is 23.0 Å². The molecule has 3 aromatic rings. The van der Waals surface area contributed by atoms with Crippen LogP contribution in [0.3, 0.4) is 0 Å². The number of aromatic nitrogens is 2. The number of nitrogens with zero attached hydrogens (tertiary/aromatic N) is 4. The van der Waals surface area contributed by atoms with E-state index in [0.717, 1.165) is 5.56 Å². The van der Waals surface area contributed by atoms with Crippen LogP contribution in [0, 0.1) is 10.1 Å². The molecular weight excluding hydrogens is 344 g/mol. The van der Waals surface area contributed by atoms with Gasteiger partial charge in [0, 0.05) is 36.1 Å². The highest BCUT2D eigenvalue weighted by molar-refractivity contribution is 6.30. The zero-order valence-corrected chi connectivity index (χ0v) is 14.1. The van der Waals surface area contributed by atoms with E-state index in [-0.39, 0.29) is 5.69 Å². The Labute approximate surface area is 149 Å². The smallest absolute Gasteiger partial charge is 0.295 e. The largest absolute Gasteiger partial charge is 0.379 e. The number of halogens is 1. The van der Waals surface area contributed by atoms with E-state index >= 15 is 0 Å². The van der Waals surface area contributed by atoms with Gasteiger partial charge in [-0.15, -0.1) is 0 Å². The predicted molar refractivity (Wildman–Crippen MR) is 94.9 cm³/mol. The Morgan fingerprint density at radius 3 is 2.84 bits per heavy atom. The Hall–Kier alpha value is -3.06. The van der Waals surface area contributed by atoms with Crippen LogP contribution in [0.4, 0.5) is 11.4 Å². The van der Waals surface area contributed by atoms with E-state index in [1.54, 1.807) is 56.0 Å². The van der Waals surface area contributed by atoms with Crippen LogP contribution < -0.4 is 9.90 Å². The summed E-state index contributed by atoms with van der Waals surface area (Å²) in [5, 5.41) is 13.2. The maximum absolute atomic E-state index is 11.2. The molecular formula is C17H15ClN4O3. The zero-order chi connectivity index (χ0) is 17.8. The Kier molecular flexibility index (Phi) is 4.85. The van der Waals surface area contributed by atoms with Crippen molar-refractivity contribution < 1.29 is 9.76 Å². The average Bonchev–Trinajstić information content (AvgIpc) is 3.10. The molecule has 0 bridgehead atoms. The first-order valence-corrected chi connectivity index (χ1v) is 7.81. The van der Waals surface area contributed by atoms with Gasteiger partial charge in [0.25, 0.3) is 5.69 Å². The molecule has 0 radical (unpaired) electrons. The fourth-order valence-corrected chi connectivity index (χ4v) is 2.61. The summed E-state index contributed by atoms with van der Waals surface area (Å²) in [6.07, 6.45) is 5.21. The van der Waals surface area contributed by atoms with Crippen molar-refractivity contribution in [1.29, 1.82) is 0 Å². The Morgan fingerprint density at radius 1 is 1.32 bits per heavy atom. The molecule has 0 spiro atoms. The summed E-state index contributed by atoms with van der Waals surface area (Å²) in [5.41, 5.74) is 1.15. The number of hydrogen-bond donors (Lipinski definition) is 0. The molecule has 0 saturated carbocycles. The molecule has 0 amide bonds. The van der Waals surface area contributed by atoms with Gasteiger partial charge in [-0.25, -0.2) is 10.0 Å². The second-order valence-corrected chi connectivity index (χ2v) is 5.76. The number of nitro groups is 1. The molecule has 1 heterocycles. The van der Waals surface area contributed by atoms with Gasteiger partial charge in [0.2, 0.25) is 0 Å². The van der Waals surface area contributed by atoms with E-state index in [4.69, 9.17) is 16.4 Å².